The van der Waals surface area contributed by atoms with Crippen molar-refractivity contribution in [1.29, 1.82) is 0 Å². The Kier molecular flexibility index (Phi) is 8.92. The van der Waals surface area contributed by atoms with E-state index in [1.165, 1.54) is 17.7 Å². The predicted molar refractivity (Wildman–Crippen MR) is 144 cm³/mol. The number of benzene rings is 1. The zero-order chi connectivity index (χ0) is 26.5. The number of pyridine rings is 1. The molecule has 0 amide bonds. The average molecular weight is 526 g/mol. The molecule has 5 rings (SSSR count). The van der Waals surface area contributed by atoms with Gasteiger partial charge in [-0.15, -0.1) is 0 Å². The predicted octanol–water partition coefficient (Wildman–Crippen LogP) is 5.45. The van der Waals surface area contributed by atoms with Crippen molar-refractivity contribution in [2.45, 2.75) is 89.0 Å². The Morgan fingerprint density at radius 1 is 1.24 bits per heavy atom. The van der Waals surface area contributed by atoms with Crippen LogP contribution < -0.4 is 5.32 Å². The fourth-order valence-electron chi connectivity index (χ4n) is 6.00. The number of nitrogens with zero attached hydrogens (tertiary/aromatic N) is 2. The van der Waals surface area contributed by atoms with E-state index in [1.54, 1.807) is 6.07 Å². The quantitative estimate of drug-likeness (QED) is 0.399. The monoisotopic (exact) mass is 525 g/mol. The van der Waals surface area contributed by atoms with Gasteiger partial charge in [-0.25, -0.2) is 9.37 Å². The van der Waals surface area contributed by atoms with Gasteiger partial charge in [0.2, 0.25) is 0 Å². The molecule has 8 heteroatoms. The first-order valence-electron chi connectivity index (χ1n) is 14.2. The van der Waals surface area contributed by atoms with Crippen LogP contribution in [0.4, 0.5) is 10.2 Å². The highest BCUT2D eigenvalue weighted by Gasteiger charge is 2.36. The van der Waals surface area contributed by atoms with E-state index >= 15 is 0 Å². The fraction of sp³-hybridized carbons (Fsp3) is 0.600. The number of likely N-dealkylation sites (tertiary alicyclic amines) is 1. The summed E-state index contributed by atoms with van der Waals surface area (Å²) in [5.41, 5.74) is 3.71. The van der Waals surface area contributed by atoms with E-state index < -0.39 is 17.8 Å². The second-order valence-corrected chi connectivity index (χ2v) is 11.0. The number of carboxylic acids is 1. The highest BCUT2D eigenvalue weighted by Crippen LogP contribution is 2.36. The van der Waals surface area contributed by atoms with Crippen LogP contribution in [0.2, 0.25) is 0 Å². The van der Waals surface area contributed by atoms with Gasteiger partial charge >= 0.3 is 5.97 Å². The number of aryl methyl sites for hydroxylation is 2. The maximum absolute atomic E-state index is 14.3. The number of aliphatic carboxylic acids is 1. The standard InChI is InChI=1S/C30H40FN3O4/c1-20-8-9-21-10-12-23(33-29(21)32-20)6-2-4-16-37-24-14-15-34(19-24)28(30(35)36)26-18-22(31)11-13-25(26)27-7-3-5-17-38-27/h10-13,18,20,24,27-28H,2-9,14-17,19H2,1H3,(H,32,33)(H,35,36)/t20-,24-,27?,28-/m1/s1. The SMILES string of the molecule is C[C@@H]1CCc2ccc(CCCCO[C@@H]3CCN([C@@H](C(=O)O)c4cc(F)ccc4C4CCCCO4)C3)nc2N1. The molecule has 1 aromatic heterocycles. The van der Waals surface area contributed by atoms with E-state index in [1.807, 2.05) is 4.90 Å². The maximum atomic E-state index is 14.3. The van der Waals surface area contributed by atoms with Gasteiger partial charge in [0.15, 0.2) is 0 Å². The summed E-state index contributed by atoms with van der Waals surface area (Å²) in [7, 11) is 0. The molecule has 2 N–H and O–H groups in total. The lowest BCUT2D eigenvalue weighted by Gasteiger charge is -2.30. The molecule has 0 aliphatic carbocycles. The smallest absolute Gasteiger partial charge is 0.325 e. The van der Waals surface area contributed by atoms with Gasteiger partial charge in [0.05, 0.1) is 12.2 Å². The number of rotatable bonds is 10. The van der Waals surface area contributed by atoms with Crippen LogP contribution in [0.1, 0.15) is 86.4 Å². The van der Waals surface area contributed by atoms with Gasteiger partial charge in [0.25, 0.3) is 0 Å². The van der Waals surface area contributed by atoms with E-state index in [0.29, 0.717) is 37.9 Å². The van der Waals surface area contributed by atoms with Crippen molar-refractivity contribution < 1.29 is 23.8 Å². The molecule has 0 radical (unpaired) electrons. The molecular weight excluding hydrogens is 485 g/mol. The van der Waals surface area contributed by atoms with Gasteiger partial charge in [0.1, 0.15) is 17.7 Å². The van der Waals surface area contributed by atoms with Crippen molar-refractivity contribution in [2.75, 3.05) is 31.6 Å². The number of unbranched alkanes of at least 4 members (excludes halogenated alkanes) is 1. The van der Waals surface area contributed by atoms with Crippen molar-refractivity contribution in [1.82, 2.24) is 9.88 Å². The summed E-state index contributed by atoms with van der Waals surface area (Å²) in [6.45, 7) is 4.61. The van der Waals surface area contributed by atoms with Crippen LogP contribution in [0.25, 0.3) is 0 Å². The molecule has 2 saturated heterocycles. The molecule has 38 heavy (non-hydrogen) atoms. The first kappa shape index (κ1) is 27.0. The number of aromatic nitrogens is 1. The number of nitrogens with one attached hydrogen (secondary N) is 1. The Bertz CT molecular complexity index is 1110. The highest BCUT2D eigenvalue weighted by molar-refractivity contribution is 5.76. The number of fused-ring (bicyclic) bond motifs is 1. The molecule has 1 aromatic carbocycles. The van der Waals surface area contributed by atoms with Crippen LogP contribution in [0.15, 0.2) is 30.3 Å². The minimum absolute atomic E-state index is 0.0210. The summed E-state index contributed by atoms with van der Waals surface area (Å²) < 4.78 is 26.4. The van der Waals surface area contributed by atoms with Gasteiger partial charge in [-0.05, 0) is 99.6 Å². The topological polar surface area (TPSA) is 83.9 Å². The van der Waals surface area contributed by atoms with Crippen molar-refractivity contribution in [2.24, 2.45) is 0 Å². The zero-order valence-corrected chi connectivity index (χ0v) is 22.3. The number of hydrogen-bond acceptors (Lipinski definition) is 6. The number of halogens is 1. The molecule has 3 aliphatic rings. The fourth-order valence-corrected chi connectivity index (χ4v) is 6.00. The Hall–Kier alpha value is -2.55. The number of hydrogen-bond donors (Lipinski definition) is 2. The molecule has 206 valence electrons. The highest BCUT2D eigenvalue weighted by atomic mass is 19.1. The third-order valence-corrected chi connectivity index (χ3v) is 8.09. The molecule has 0 saturated carbocycles. The van der Waals surface area contributed by atoms with E-state index in [2.05, 4.69) is 24.4 Å². The van der Waals surface area contributed by atoms with E-state index in [-0.39, 0.29) is 12.2 Å². The Morgan fingerprint density at radius 3 is 2.95 bits per heavy atom. The van der Waals surface area contributed by atoms with E-state index in [4.69, 9.17) is 14.5 Å². The lowest BCUT2D eigenvalue weighted by molar-refractivity contribution is -0.143. The molecule has 4 heterocycles. The van der Waals surface area contributed by atoms with Crippen molar-refractivity contribution in [3.8, 4) is 0 Å². The summed E-state index contributed by atoms with van der Waals surface area (Å²) >= 11 is 0. The number of ether oxygens (including phenoxy) is 2. The summed E-state index contributed by atoms with van der Waals surface area (Å²) in [6.07, 6.45) is 8.48. The van der Waals surface area contributed by atoms with Gasteiger partial charge in [-0.3, -0.25) is 9.69 Å². The van der Waals surface area contributed by atoms with Crippen molar-refractivity contribution in [3.05, 3.63) is 58.5 Å². The normalized spacial score (nSPS) is 24.5. The Morgan fingerprint density at radius 2 is 2.13 bits per heavy atom. The largest absolute Gasteiger partial charge is 0.480 e. The van der Waals surface area contributed by atoms with Crippen molar-refractivity contribution >= 4 is 11.8 Å². The maximum Gasteiger partial charge on any atom is 0.325 e. The van der Waals surface area contributed by atoms with E-state index in [0.717, 1.165) is 74.9 Å². The first-order valence-corrected chi connectivity index (χ1v) is 14.2. The third-order valence-electron chi connectivity index (χ3n) is 8.09. The van der Waals surface area contributed by atoms with Crippen LogP contribution in [-0.4, -0.2) is 59.4 Å². The average Bonchev–Trinajstić information content (AvgIpc) is 3.37. The summed E-state index contributed by atoms with van der Waals surface area (Å²) in [5, 5.41) is 13.7. The Labute approximate surface area is 224 Å². The van der Waals surface area contributed by atoms with E-state index in [9.17, 15) is 14.3 Å². The number of carbonyl (C=O) groups is 1. The number of anilines is 1. The molecule has 2 fully saturated rings. The summed E-state index contributed by atoms with van der Waals surface area (Å²) in [4.78, 5) is 19.2. The lowest BCUT2D eigenvalue weighted by Crippen LogP contribution is -2.34. The minimum atomic E-state index is -0.963. The third kappa shape index (κ3) is 6.53. The lowest BCUT2D eigenvalue weighted by atomic mass is 9.92. The Balaban J connectivity index is 1.13. The van der Waals surface area contributed by atoms with Gasteiger partial charge in [0, 0.05) is 38.0 Å². The van der Waals surface area contributed by atoms with Crippen LogP contribution in [0.3, 0.4) is 0 Å². The summed E-state index contributed by atoms with van der Waals surface area (Å²) in [5.74, 6) is -0.348. The molecule has 4 atom stereocenters. The molecule has 2 aromatic rings. The molecule has 0 bridgehead atoms. The van der Waals surface area contributed by atoms with Crippen LogP contribution in [0, 0.1) is 5.82 Å². The zero-order valence-electron chi connectivity index (χ0n) is 22.3. The molecule has 7 nitrogen and oxygen atoms in total. The minimum Gasteiger partial charge on any atom is -0.480 e. The van der Waals surface area contributed by atoms with Gasteiger partial charge < -0.3 is 19.9 Å². The van der Waals surface area contributed by atoms with Crippen LogP contribution in [-0.2, 0) is 27.1 Å². The van der Waals surface area contributed by atoms with Crippen LogP contribution >= 0.6 is 0 Å². The molecule has 0 spiro atoms. The molecular formula is C30H40FN3O4. The first-order chi connectivity index (χ1) is 18.5. The second-order valence-electron chi connectivity index (χ2n) is 11.0. The van der Waals surface area contributed by atoms with Gasteiger partial charge in [-0.2, -0.15) is 0 Å². The second kappa shape index (κ2) is 12.5. The molecule has 3 aliphatic heterocycles. The number of carboxylic acid groups (broad SMARTS) is 1. The van der Waals surface area contributed by atoms with Gasteiger partial charge in [-0.1, -0.05) is 12.1 Å². The van der Waals surface area contributed by atoms with Crippen molar-refractivity contribution in [3.63, 3.8) is 0 Å². The summed E-state index contributed by atoms with van der Waals surface area (Å²) in [6, 6.07) is 8.38. The van der Waals surface area contributed by atoms with Crippen LogP contribution in [0.5, 0.6) is 0 Å². The molecule has 1 unspecified atom stereocenters.